The number of rotatable bonds is 4. The molecule has 5 heteroatoms. The fraction of sp³-hybridized carbons (Fsp3) is 0.800. The van der Waals surface area contributed by atoms with Gasteiger partial charge in [0.1, 0.15) is 0 Å². The van der Waals surface area contributed by atoms with Crippen LogP contribution in [0.3, 0.4) is 0 Å². The van der Waals surface area contributed by atoms with E-state index in [0.717, 1.165) is 0 Å². The summed E-state index contributed by atoms with van der Waals surface area (Å²) in [7, 11) is 0. The summed E-state index contributed by atoms with van der Waals surface area (Å²) in [5.74, 6) is -1.08. The van der Waals surface area contributed by atoms with Crippen LogP contribution in [-0.4, -0.2) is 46.2 Å². The number of hydrogen-bond donors (Lipinski definition) is 2. The molecule has 15 heavy (non-hydrogen) atoms. The van der Waals surface area contributed by atoms with Crippen LogP contribution in [-0.2, 0) is 9.59 Å². The summed E-state index contributed by atoms with van der Waals surface area (Å²) in [6.07, 6.45) is 0.476. The highest BCUT2D eigenvalue weighted by Gasteiger charge is 2.25. The van der Waals surface area contributed by atoms with E-state index in [2.05, 4.69) is 0 Å². The Hall–Kier alpha value is -1.10. The number of carboxylic acids is 1. The first-order valence-corrected chi connectivity index (χ1v) is 5.16. The normalized spacial score (nSPS) is 22.8. The maximum atomic E-state index is 11.6. The Morgan fingerprint density at radius 1 is 1.47 bits per heavy atom. The van der Waals surface area contributed by atoms with Crippen LogP contribution in [0.1, 0.15) is 26.2 Å². The van der Waals surface area contributed by atoms with E-state index >= 15 is 0 Å². The number of hydrogen-bond acceptors (Lipinski definition) is 3. The number of carboxylic acid groups (broad SMARTS) is 1. The predicted molar refractivity (Wildman–Crippen MR) is 53.2 cm³/mol. The van der Waals surface area contributed by atoms with Crippen molar-refractivity contribution in [2.75, 3.05) is 13.1 Å². The molecule has 0 radical (unpaired) electrons. The third kappa shape index (κ3) is 3.87. The minimum Gasteiger partial charge on any atom is -0.481 e. The molecule has 2 atom stereocenters. The lowest BCUT2D eigenvalue weighted by atomic mass is 10.0. The Balaban J connectivity index is 2.32. The number of β-amino-alcohol motifs (C(OH)–C–C–N with tert-alkyl or cyclic N) is 1. The zero-order valence-electron chi connectivity index (χ0n) is 8.85. The molecule has 2 N–H and O–H groups in total. The number of nitrogens with zero attached hydrogens (tertiary/aromatic N) is 1. The molecule has 1 fully saturated rings. The van der Waals surface area contributed by atoms with Crippen LogP contribution in [0.25, 0.3) is 0 Å². The van der Waals surface area contributed by atoms with Crippen molar-refractivity contribution in [2.45, 2.75) is 32.3 Å². The van der Waals surface area contributed by atoms with Gasteiger partial charge in [0.25, 0.3) is 0 Å². The van der Waals surface area contributed by atoms with Crippen LogP contribution in [0.2, 0.25) is 0 Å². The fourth-order valence-electron chi connectivity index (χ4n) is 1.77. The van der Waals surface area contributed by atoms with E-state index in [1.807, 2.05) is 0 Å². The van der Waals surface area contributed by atoms with Crippen molar-refractivity contribution in [1.82, 2.24) is 4.90 Å². The number of aliphatic hydroxyl groups is 1. The van der Waals surface area contributed by atoms with Crippen LogP contribution in [0.4, 0.5) is 0 Å². The first-order chi connectivity index (χ1) is 6.99. The summed E-state index contributed by atoms with van der Waals surface area (Å²) in [6, 6.07) is 0. The minimum absolute atomic E-state index is 0.0160. The largest absolute Gasteiger partial charge is 0.481 e. The van der Waals surface area contributed by atoms with Gasteiger partial charge in [-0.05, 0) is 12.3 Å². The number of carbonyl (C=O) groups is 2. The highest BCUT2D eigenvalue weighted by molar-refractivity contribution is 5.77. The van der Waals surface area contributed by atoms with Gasteiger partial charge in [-0.25, -0.2) is 0 Å². The van der Waals surface area contributed by atoms with Crippen molar-refractivity contribution in [2.24, 2.45) is 5.92 Å². The molecule has 0 aromatic rings. The van der Waals surface area contributed by atoms with E-state index in [1.54, 1.807) is 11.8 Å². The van der Waals surface area contributed by atoms with Crippen molar-refractivity contribution in [3.05, 3.63) is 0 Å². The Bertz CT molecular complexity index is 254. The van der Waals surface area contributed by atoms with Crippen molar-refractivity contribution >= 4 is 11.9 Å². The molecule has 0 bridgehead atoms. The average molecular weight is 215 g/mol. The molecule has 2 unspecified atom stereocenters. The molecule has 86 valence electrons. The van der Waals surface area contributed by atoms with Gasteiger partial charge in [-0.2, -0.15) is 0 Å². The van der Waals surface area contributed by atoms with Gasteiger partial charge in [0.05, 0.1) is 6.10 Å². The van der Waals surface area contributed by atoms with Crippen LogP contribution in [0.5, 0.6) is 0 Å². The molecule has 1 aliphatic rings. The number of likely N-dealkylation sites (tertiary alicyclic amines) is 1. The topological polar surface area (TPSA) is 77.8 Å². The number of amides is 1. The molecule has 1 aliphatic heterocycles. The summed E-state index contributed by atoms with van der Waals surface area (Å²) in [6.45, 7) is 2.72. The first-order valence-electron chi connectivity index (χ1n) is 5.16. The highest BCUT2D eigenvalue weighted by Crippen LogP contribution is 2.14. The zero-order chi connectivity index (χ0) is 11.4. The van der Waals surface area contributed by atoms with E-state index < -0.39 is 12.1 Å². The molecular formula is C10H17NO4. The van der Waals surface area contributed by atoms with E-state index in [4.69, 9.17) is 5.11 Å². The van der Waals surface area contributed by atoms with Gasteiger partial charge in [-0.15, -0.1) is 0 Å². The van der Waals surface area contributed by atoms with Gasteiger partial charge in [-0.3, -0.25) is 9.59 Å². The maximum Gasteiger partial charge on any atom is 0.303 e. The number of carbonyl (C=O) groups excluding carboxylic acids is 1. The van der Waals surface area contributed by atoms with E-state index in [9.17, 15) is 14.7 Å². The molecule has 1 rings (SSSR count). The quantitative estimate of drug-likeness (QED) is 0.696. The van der Waals surface area contributed by atoms with Crippen molar-refractivity contribution < 1.29 is 19.8 Å². The second-order valence-electron chi connectivity index (χ2n) is 4.19. The summed E-state index contributed by atoms with van der Waals surface area (Å²) in [5.41, 5.74) is 0. The second kappa shape index (κ2) is 5.11. The maximum absolute atomic E-state index is 11.6. The summed E-state index contributed by atoms with van der Waals surface area (Å²) < 4.78 is 0. The van der Waals surface area contributed by atoms with Crippen LogP contribution in [0, 0.1) is 5.92 Å². The molecule has 0 spiro atoms. The molecule has 1 heterocycles. The summed E-state index contributed by atoms with van der Waals surface area (Å²) in [5, 5.41) is 17.8. The smallest absolute Gasteiger partial charge is 0.303 e. The molecule has 0 aromatic carbocycles. The Morgan fingerprint density at radius 2 is 2.13 bits per heavy atom. The van der Waals surface area contributed by atoms with Crippen molar-refractivity contribution in [1.29, 1.82) is 0 Å². The molecule has 0 aliphatic carbocycles. The van der Waals surface area contributed by atoms with Crippen LogP contribution < -0.4 is 0 Å². The monoisotopic (exact) mass is 215 g/mol. The molecule has 0 aromatic heterocycles. The first kappa shape index (κ1) is 12.0. The SMILES string of the molecule is CC(CC(=O)O)CC(=O)N1CCC(O)C1. The van der Waals surface area contributed by atoms with Gasteiger partial charge in [0.15, 0.2) is 0 Å². The van der Waals surface area contributed by atoms with Crippen molar-refractivity contribution in [3.8, 4) is 0 Å². The van der Waals surface area contributed by atoms with Gasteiger partial charge in [0, 0.05) is 25.9 Å². The van der Waals surface area contributed by atoms with Gasteiger partial charge < -0.3 is 15.1 Å². The zero-order valence-corrected chi connectivity index (χ0v) is 8.85. The number of aliphatic carboxylic acids is 1. The van der Waals surface area contributed by atoms with Crippen LogP contribution in [0.15, 0.2) is 0 Å². The minimum atomic E-state index is -0.878. The molecular weight excluding hydrogens is 198 g/mol. The third-order valence-corrected chi connectivity index (χ3v) is 2.56. The lowest BCUT2D eigenvalue weighted by Crippen LogP contribution is -2.30. The van der Waals surface area contributed by atoms with E-state index in [-0.39, 0.29) is 24.7 Å². The molecule has 0 saturated carbocycles. The van der Waals surface area contributed by atoms with E-state index in [0.29, 0.717) is 19.5 Å². The van der Waals surface area contributed by atoms with Gasteiger partial charge in [-0.1, -0.05) is 6.92 Å². The van der Waals surface area contributed by atoms with Crippen molar-refractivity contribution in [3.63, 3.8) is 0 Å². The lowest BCUT2D eigenvalue weighted by Gasteiger charge is -2.17. The standard InChI is InChI=1S/C10H17NO4/c1-7(5-10(14)15)4-9(13)11-3-2-8(12)6-11/h7-8,12H,2-6H2,1H3,(H,14,15). The summed E-state index contributed by atoms with van der Waals surface area (Å²) >= 11 is 0. The van der Waals surface area contributed by atoms with E-state index in [1.165, 1.54) is 0 Å². The fourth-order valence-corrected chi connectivity index (χ4v) is 1.77. The molecule has 5 nitrogen and oxygen atoms in total. The van der Waals surface area contributed by atoms with Gasteiger partial charge in [0.2, 0.25) is 5.91 Å². The average Bonchev–Trinajstić information content (AvgIpc) is 2.49. The number of aliphatic hydroxyl groups excluding tert-OH is 1. The molecule has 1 saturated heterocycles. The van der Waals surface area contributed by atoms with Crippen LogP contribution >= 0.6 is 0 Å². The Kier molecular flexibility index (Phi) is 4.08. The Labute approximate surface area is 88.7 Å². The molecule has 1 amide bonds. The third-order valence-electron chi connectivity index (χ3n) is 2.56. The Morgan fingerprint density at radius 3 is 2.60 bits per heavy atom. The van der Waals surface area contributed by atoms with Gasteiger partial charge >= 0.3 is 5.97 Å². The summed E-state index contributed by atoms with van der Waals surface area (Å²) in [4.78, 5) is 23.6. The highest BCUT2D eigenvalue weighted by atomic mass is 16.4. The second-order valence-corrected chi connectivity index (χ2v) is 4.19. The lowest BCUT2D eigenvalue weighted by molar-refractivity contribution is -0.138. The predicted octanol–water partition coefficient (Wildman–Crippen LogP) is 0.0805.